The SMILES string of the molecule is CC(=O)O[C@H]1C(=O)[C@@]2(C)[C@H]([C@H](OC(=O)c3ccccc3)[C@]3(O)C[C@H](OC(=O)[C@H](OC(=O)OCC/C(C)=C/CC/C(C)=C/CC/C=C(\C)CC/C=C(\C)CCC=C(C)C)[C@@H](NC(=O)c4ccccc4)c4ccccc4)C(C)=C1C3(C)C)[C@]1(OC(C)=O)CO[C@@H]1C[C@@H]2O. The highest BCUT2D eigenvalue weighted by Crippen LogP contribution is 2.64. The number of benzene rings is 3. The number of hydrogen-bond acceptors (Lipinski definition) is 16. The van der Waals surface area contributed by atoms with Gasteiger partial charge in [-0.2, -0.15) is 0 Å². The van der Waals surface area contributed by atoms with Gasteiger partial charge in [-0.25, -0.2) is 14.4 Å². The van der Waals surface area contributed by atoms with Gasteiger partial charge in [-0.1, -0.05) is 139 Å². The van der Waals surface area contributed by atoms with E-state index in [2.05, 4.69) is 70.3 Å². The minimum absolute atomic E-state index is 0.0436. The number of ketones is 1. The standard InChI is InChI=1S/C74H93NO16/c1-46(2)27-24-30-49(5)33-25-31-47(3)28-22-23-29-48(4)32-26-34-50(6)41-42-85-70(83)89-63(61(54-35-16-13-17-36-54)75-67(80)55-37-18-14-19-38-55)69(82)88-57-44-74(84)66(90-68(81)56-39-20-15-21-40-56)64-72(12,58(78)43-59-73(64,45-86-59)91-53(9)77)65(79)62(87-52(8)76)60(51(57)7)71(74,10)11/h13-21,27-29,33-40,57-59,61-64,66,78,84H,22-26,30-32,41-45H2,1-12H3,(H,75,80)/b47-28+,48-29+,49-33+,50-34+/t57-,58-,59+,61-,62+,63+,64-,66-,72+,73-,74+/m0/s1. The van der Waals surface area contributed by atoms with Crippen molar-refractivity contribution in [2.24, 2.45) is 16.7 Å². The molecule has 1 aliphatic heterocycles. The minimum Gasteiger partial charge on any atom is -0.455 e. The van der Waals surface area contributed by atoms with Crippen molar-refractivity contribution in [2.75, 3.05) is 13.2 Å². The molecular weight excluding hydrogens is 1160 g/mol. The largest absolute Gasteiger partial charge is 0.509 e. The zero-order valence-corrected chi connectivity index (χ0v) is 55.0. The number of ether oxygens (including phenoxy) is 7. The number of allylic oxidation sites excluding steroid dienone is 9. The van der Waals surface area contributed by atoms with E-state index in [0.717, 1.165) is 70.8 Å². The van der Waals surface area contributed by atoms with Gasteiger partial charge in [-0.05, 0) is 148 Å². The fourth-order valence-electron chi connectivity index (χ4n) is 13.5. The Balaban J connectivity index is 1.17. The Bertz CT molecular complexity index is 3300. The van der Waals surface area contributed by atoms with Gasteiger partial charge in [-0.3, -0.25) is 19.2 Å². The van der Waals surface area contributed by atoms with E-state index in [-0.39, 0.29) is 41.9 Å². The molecule has 0 spiro atoms. The summed E-state index contributed by atoms with van der Waals surface area (Å²) in [4.78, 5) is 101. The van der Waals surface area contributed by atoms with Crippen molar-refractivity contribution in [1.29, 1.82) is 0 Å². The molecule has 0 radical (unpaired) electrons. The Kier molecular flexibility index (Phi) is 24.1. The number of rotatable bonds is 26. The highest BCUT2D eigenvalue weighted by atomic mass is 16.7. The first-order valence-corrected chi connectivity index (χ1v) is 31.8. The Hall–Kier alpha value is -7.73. The van der Waals surface area contributed by atoms with E-state index in [4.69, 9.17) is 33.2 Å². The van der Waals surface area contributed by atoms with Crippen LogP contribution in [0, 0.1) is 16.7 Å². The Morgan fingerprint density at radius 3 is 1.73 bits per heavy atom. The first-order chi connectivity index (χ1) is 43.1. The lowest BCUT2D eigenvalue weighted by Crippen LogP contribution is -2.82. The van der Waals surface area contributed by atoms with Crippen LogP contribution >= 0.6 is 0 Å². The van der Waals surface area contributed by atoms with E-state index >= 15 is 9.59 Å². The molecular formula is C74H93NO16. The molecule has 91 heavy (non-hydrogen) atoms. The van der Waals surface area contributed by atoms with Gasteiger partial charge in [0.15, 0.2) is 17.5 Å². The third-order valence-corrected chi connectivity index (χ3v) is 18.7. The third-order valence-electron chi connectivity index (χ3n) is 18.7. The highest BCUT2D eigenvalue weighted by Gasteiger charge is 2.78. The lowest BCUT2D eigenvalue weighted by Gasteiger charge is -2.67. The van der Waals surface area contributed by atoms with Crippen molar-refractivity contribution in [3.8, 4) is 0 Å². The maximum atomic E-state index is 15.9. The molecule has 17 nitrogen and oxygen atoms in total. The van der Waals surface area contributed by atoms with Gasteiger partial charge in [0, 0.05) is 44.1 Å². The zero-order chi connectivity index (χ0) is 66.4. The average molecular weight is 1250 g/mol. The predicted octanol–water partition coefficient (Wildman–Crippen LogP) is 13.2. The molecule has 3 aromatic rings. The normalized spacial score (nSPS) is 26.2. The van der Waals surface area contributed by atoms with Crippen molar-refractivity contribution < 1.29 is 76.9 Å². The van der Waals surface area contributed by atoms with E-state index in [1.54, 1.807) is 92.7 Å². The molecule has 0 aromatic heterocycles. The zero-order valence-electron chi connectivity index (χ0n) is 55.0. The monoisotopic (exact) mass is 1250 g/mol. The van der Waals surface area contributed by atoms with Crippen LogP contribution in [-0.4, -0.2) is 113 Å². The molecule has 17 heteroatoms. The quantitative estimate of drug-likeness (QED) is 0.0293. The number of amides is 1. The van der Waals surface area contributed by atoms with E-state index in [1.807, 2.05) is 6.92 Å². The number of carbonyl (C=O) groups excluding carboxylic acids is 7. The Morgan fingerprint density at radius 1 is 0.670 bits per heavy atom. The molecule has 1 saturated heterocycles. The van der Waals surface area contributed by atoms with Crippen LogP contribution in [-0.2, 0) is 52.3 Å². The second kappa shape index (κ2) is 31.1. The Morgan fingerprint density at radius 2 is 1.20 bits per heavy atom. The molecule has 3 aromatic carbocycles. The minimum atomic E-state index is -2.48. The summed E-state index contributed by atoms with van der Waals surface area (Å²) in [6.07, 6.45) is 7.23. The van der Waals surface area contributed by atoms with Gasteiger partial charge >= 0.3 is 30.0 Å². The summed E-state index contributed by atoms with van der Waals surface area (Å²) in [5.41, 5.74) is -1.12. The molecule has 1 heterocycles. The van der Waals surface area contributed by atoms with E-state index < -0.39 is 119 Å². The molecule has 490 valence electrons. The summed E-state index contributed by atoms with van der Waals surface area (Å²) in [5.74, 6) is -7.07. The number of hydrogen-bond donors (Lipinski definition) is 3. The third kappa shape index (κ3) is 16.7. The highest BCUT2D eigenvalue weighted by molar-refractivity contribution is 5.96. The van der Waals surface area contributed by atoms with Crippen molar-refractivity contribution in [3.63, 3.8) is 0 Å². The summed E-state index contributed by atoms with van der Waals surface area (Å²) in [5, 5.41) is 29.3. The summed E-state index contributed by atoms with van der Waals surface area (Å²) in [6.45, 7) is 20.5. The molecule has 2 bridgehead atoms. The van der Waals surface area contributed by atoms with Crippen LogP contribution in [0.2, 0.25) is 0 Å². The topological polar surface area (TPSA) is 237 Å². The van der Waals surface area contributed by atoms with Gasteiger partial charge in [0.05, 0.1) is 36.2 Å². The van der Waals surface area contributed by atoms with E-state index in [1.165, 1.54) is 48.3 Å². The molecule has 4 aliphatic rings. The van der Waals surface area contributed by atoms with Crippen LogP contribution in [0.25, 0.3) is 0 Å². The maximum absolute atomic E-state index is 15.9. The molecule has 3 aliphatic carbocycles. The lowest BCUT2D eigenvalue weighted by molar-refractivity contribution is -0.346. The van der Waals surface area contributed by atoms with Crippen LogP contribution in [0.15, 0.2) is 160 Å². The summed E-state index contributed by atoms with van der Waals surface area (Å²) >= 11 is 0. The number of fused-ring (bicyclic) bond motifs is 5. The summed E-state index contributed by atoms with van der Waals surface area (Å²) < 4.78 is 42.8. The fraction of sp³-hybridized carbons (Fsp3) is 0.500. The molecule has 3 N–H and O–H groups in total. The first-order valence-electron chi connectivity index (χ1n) is 31.8. The number of aliphatic hydroxyl groups excluding tert-OH is 1. The molecule has 2 saturated carbocycles. The number of unbranched alkanes of at least 4 members (excludes halogenated alkanes) is 1. The molecule has 0 unspecified atom stereocenters. The van der Waals surface area contributed by atoms with Crippen molar-refractivity contribution in [2.45, 2.75) is 208 Å². The Labute approximate surface area is 536 Å². The van der Waals surface area contributed by atoms with Gasteiger partial charge in [-0.15, -0.1) is 0 Å². The van der Waals surface area contributed by atoms with Crippen molar-refractivity contribution in [1.82, 2.24) is 5.32 Å². The van der Waals surface area contributed by atoms with Crippen LogP contribution in [0.4, 0.5) is 4.79 Å². The van der Waals surface area contributed by atoms with Crippen molar-refractivity contribution >= 4 is 41.7 Å². The molecule has 1 amide bonds. The van der Waals surface area contributed by atoms with Crippen molar-refractivity contribution in [3.05, 3.63) is 177 Å². The van der Waals surface area contributed by atoms with Gasteiger partial charge in [0.25, 0.3) is 5.91 Å². The molecule has 11 atom stereocenters. The number of nitrogens with one attached hydrogen (secondary N) is 1. The number of esters is 4. The maximum Gasteiger partial charge on any atom is 0.509 e. The van der Waals surface area contributed by atoms with Crippen LogP contribution in [0.1, 0.15) is 186 Å². The summed E-state index contributed by atoms with van der Waals surface area (Å²) in [7, 11) is 0. The fourth-order valence-corrected chi connectivity index (χ4v) is 13.5. The number of Topliss-reactive ketones (excluding diaryl/α,β-unsaturated/α-hetero) is 1. The molecule has 7 rings (SSSR count). The lowest BCUT2D eigenvalue weighted by atomic mass is 9.44. The number of aliphatic hydroxyl groups is 2. The van der Waals surface area contributed by atoms with Gasteiger partial charge < -0.3 is 48.7 Å². The second-order valence-corrected chi connectivity index (χ2v) is 26.0. The second-order valence-electron chi connectivity index (χ2n) is 26.0. The van der Waals surface area contributed by atoms with E-state index in [0.29, 0.717) is 12.0 Å². The average Bonchev–Trinajstić information content (AvgIpc) is 0.672. The first kappa shape index (κ1) is 70.7. The van der Waals surface area contributed by atoms with Crippen LogP contribution in [0.5, 0.6) is 0 Å². The van der Waals surface area contributed by atoms with Gasteiger partial charge in [0.2, 0.25) is 6.10 Å². The summed E-state index contributed by atoms with van der Waals surface area (Å²) in [6, 6.07) is 22.9. The number of carbonyl (C=O) groups is 7. The van der Waals surface area contributed by atoms with Gasteiger partial charge in [0.1, 0.15) is 30.0 Å². The predicted molar refractivity (Wildman–Crippen MR) is 344 cm³/mol. The molecule has 3 fully saturated rings. The smallest absolute Gasteiger partial charge is 0.455 e. The van der Waals surface area contributed by atoms with Crippen LogP contribution < -0.4 is 5.32 Å². The van der Waals surface area contributed by atoms with Crippen LogP contribution in [0.3, 0.4) is 0 Å². The van der Waals surface area contributed by atoms with E-state index in [9.17, 15) is 34.2 Å².